The highest BCUT2D eigenvalue weighted by molar-refractivity contribution is 5.98. The standard InChI is InChI=1S/C19H22N2O4/c1-3-20-17(22)13-6-7-14(10(2)8-13)21-18(23)15-11-4-5-12(9-11)16(15)19(24)25/h4-8,11-12,15-16H,3,9H2,1-2H3,(H,20,22)(H,21,23)(H,24,25)/t11-,12-,15-,16-/m0/s1. The molecule has 3 rings (SSSR count). The molecule has 0 aliphatic heterocycles. The summed E-state index contributed by atoms with van der Waals surface area (Å²) >= 11 is 0. The van der Waals surface area contributed by atoms with E-state index in [4.69, 9.17) is 0 Å². The number of aryl methyl sites for hydroxylation is 1. The van der Waals surface area contributed by atoms with E-state index in [0.29, 0.717) is 17.8 Å². The summed E-state index contributed by atoms with van der Waals surface area (Å²) in [5, 5.41) is 15.0. The summed E-state index contributed by atoms with van der Waals surface area (Å²) in [6, 6.07) is 5.07. The quantitative estimate of drug-likeness (QED) is 0.715. The molecule has 6 nitrogen and oxygen atoms in total. The number of benzene rings is 1. The number of fused-ring (bicyclic) bond motifs is 2. The van der Waals surface area contributed by atoms with Crippen molar-refractivity contribution in [2.45, 2.75) is 20.3 Å². The molecular formula is C19H22N2O4. The van der Waals surface area contributed by atoms with Crippen molar-refractivity contribution in [2.24, 2.45) is 23.7 Å². The molecule has 0 aromatic heterocycles. The first-order valence-corrected chi connectivity index (χ1v) is 8.53. The maximum Gasteiger partial charge on any atom is 0.307 e. The first-order valence-electron chi connectivity index (χ1n) is 8.53. The van der Waals surface area contributed by atoms with Crippen molar-refractivity contribution < 1.29 is 19.5 Å². The van der Waals surface area contributed by atoms with Crippen LogP contribution in [0.2, 0.25) is 0 Å². The largest absolute Gasteiger partial charge is 0.481 e. The number of aliphatic carboxylic acids is 1. The molecule has 25 heavy (non-hydrogen) atoms. The van der Waals surface area contributed by atoms with Crippen LogP contribution in [-0.4, -0.2) is 29.4 Å². The number of carboxylic acid groups (broad SMARTS) is 1. The molecule has 2 aliphatic carbocycles. The number of carbonyl (C=O) groups excluding carboxylic acids is 2. The molecule has 1 saturated carbocycles. The Morgan fingerprint density at radius 1 is 1.16 bits per heavy atom. The van der Waals surface area contributed by atoms with Crippen LogP contribution in [0, 0.1) is 30.6 Å². The smallest absolute Gasteiger partial charge is 0.307 e. The summed E-state index contributed by atoms with van der Waals surface area (Å²) in [5.74, 6) is -2.62. The predicted octanol–water partition coefficient (Wildman–Crippen LogP) is 2.21. The summed E-state index contributed by atoms with van der Waals surface area (Å²) < 4.78 is 0. The van der Waals surface area contributed by atoms with E-state index in [1.54, 1.807) is 18.2 Å². The zero-order valence-electron chi connectivity index (χ0n) is 14.3. The van der Waals surface area contributed by atoms with Gasteiger partial charge in [0.2, 0.25) is 5.91 Å². The molecule has 2 bridgehead atoms. The highest BCUT2D eigenvalue weighted by Crippen LogP contribution is 2.48. The molecule has 0 heterocycles. The minimum absolute atomic E-state index is 0.0130. The minimum atomic E-state index is -0.916. The number of carboxylic acids is 1. The lowest BCUT2D eigenvalue weighted by Crippen LogP contribution is -2.36. The molecule has 2 aliphatic rings. The third kappa shape index (κ3) is 3.16. The van der Waals surface area contributed by atoms with Crippen molar-refractivity contribution in [3.8, 4) is 0 Å². The van der Waals surface area contributed by atoms with E-state index in [9.17, 15) is 19.5 Å². The first kappa shape index (κ1) is 17.2. The second-order valence-corrected chi connectivity index (χ2v) is 6.72. The van der Waals surface area contributed by atoms with Crippen LogP contribution in [0.1, 0.15) is 29.3 Å². The van der Waals surface area contributed by atoms with E-state index >= 15 is 0 Å². The molecular weight excluding hydrogens is 320 g/mol. The van der Waals surface area contributed by atoms with Crippen molar-refractivity contribution in [3.05, 3.63) is 41.5 Å². The summed E-state index contributed by atoms with van der Waals surface area (Å²) in [5.41, 5.74) is 1.90. The molecule has 2 amide bonds. The number of anilines is 1. The number of amides is 2. The van der Waals surface area contributed by atoms with E-state index in [1.807, 2.05) is 26.0 Å². The highest BCUT2D eigenvalue weighted by atomic mass is 16.4. The Labute approximate surface area is 146 Å². The van der Waals surface area contributed by atoms with E-state index in [-0.39, 0.29) is 23.7 Å². The van der Waals surface area contributed by atoms with Gasteiger partial charge < -0.3 is 15.7 Å². The van der Waals surface area contributed by atoms with Gasteiger partial charge in [0.15, 0.2) is 0 Å². The van der Waals surface area contributed by atoms with E-state index in [2.05, 4.69) is 10.6 Å². The van der Waals surface area contributed by atoms with Crippen molar-refractivity contribution in [2.75, 3.05) is 11.9 Å². The highest BCUT2D eigenvalue weighted by Gasteiger charge is 2.51. The van der Waals surface area contributed by atoms with Gasteiger partial charge in [-0.3, -0.25) is 14.4 Å². The number of rotatable bonds is 5. The lowest BCUT2D eigenvalue weighted by atomic mass is 9.82. The number of nitrogens with one attached hydrogen (secondary N) is 2. The van der Waals surface area contributed by atoms with Crippen LogP contribution < -0.4 is 10.6 Å². The zero-order valence-corrected chi connectivity index (χ0v) is 14.3. The average molecular weight is 342 g/mol. The maximum absolute atomic E-state index is 12.7. The van der Waals surface area contributed by atoms with E-state index in [1.165, 1.54) is 0 Å². The third-order valence-corrected chi connectivity index (χ3v) is 5.13. The van der Waals surface area contributed by atoms with E-state index in [0.717, 1.165) is 12.0 Å². The Kier molecular flexibility index (Phi) is 4.61. The number of hydrogen-bond donors (Lipinski definition) is 3. The summed E-state index contributed by atoms with van der Waals surface area (Å²) in [6.07, 6.45) is 4.60. The molecule has 0 unspecified atom stereocenters. The van der Waals surface area contributed by atoms with Gasteiger partial charge in [-0.05, 0) is 55.9 Å². The predicted molar refractivity (Wildman–Crippen MR) is 93.2 cm³/mol. The van der Waals surface area contributed by atoms with Crippen molar-refractivity contribution in [1.29, 1.82) is 0 Å². The molecule has 1 fully saturated rings. The minimum Gasteiger partial charge on any atom is -0.481 e. The van der Waals surface area contributed by atoms with Crippen LogP contribution in [0.4, 0.5) is 5.69 Å². The fraction of sp³-hybridized carbons (Fsp3) is 0.421. The molecule has 0 saturated heterocycles. The van der Waals surface area contributed by atoms with Gasteiger partial charge in [0.1, 0.15) is 0 Å². The second kappa shape index (κ2) is 6.70. The molecule has 0 radical (unpaired) electrons. The van der Waals surface area contributed by atoms with Gasteiger partial charge in [0.05, 0.1) is 11.8 Å². The third-order valence-electron chi connectivity index (χ3n) is 5.13. The van der Waals surface area contributed by atoms with Crippen molar-refractivity contribution in [3.63, 3.8) is 0 Å². The Bertz CT molecular complexity index is 756. The number of carbonyl (C=O) groups is 3. The maximum atomic E-state index is 12.7. The van der Waals surface area contributed by atoms with Gasteiger partial charge in [-0.25, -0.2) is 0 Å². The fourth-order valence-electron chi connectivity index (χ4n) is 3.94. The molecule has 3 N–H and O–H groups in total. The van der Waals surface area contributed by atoms with Gasteiger partial charge in [-0.2, -0.15) is 0 Å². The lowest BCUT2D eigenvalue weighted by Gasteiger charge is -2.24. The Morgan fingerprint density at radius 3 is 2.44 bits per heavy atom. The average Bonchev–Trinajstić information content (AvgIpc) is 3.17. The summed E-state index contributed by atoms with van der Waals surface area (Å²) in [6.45, 7) is 4.21. The summed E-state index contributed by atoms with van der Waals surface area (Å²) in [4.78, 5) is 36.1. The molecule has 1 aromatic rings. The summed E-state index contributed by atoms with van der Waals surface area (Å²) in [7, 11) is 0. The van der Waals surface area contributed by atoms with Crippen LogP contribution in [-0.2, 0) is 9.59 Å². The normalized spacial score (nSPS) is 26.5. The van der Waals surface area contributed by atoms with Crippen LogP contribution >= 0.6 is 0 Å². The van der Waals surface area contributed by atoms with Crippen LogP contribution in [0.25, 0.3) is 0 Å². The number of hydrogen-bond acceptors (Lipinski definition) is 3. The SMILES string of the molecule is CCNC(=O)c1ccc(NC(=O)[C@@H]2[C@@H](C(=O)O)[C@H]3C=C[C@H]2C3)c(C)c1. The zero-order chi connectivity index (χ0) is 18.1. The molecule has 132 valence electrons. The first-order chi connectivity index (χ1) is 11.9. The van der Waals surface area contributed by atoms with Crippen LogP contribution in [0.5, 0.6) is 0 Å². The monoisotopic (exact) mass is 342 g/mol. The van der Waals surface area contributed by atoms with Gasteiger partial charge in [0, 0.05) is 17.8 Å². The van der Waals surface area contributed by atoms with E-state index < -0.39 is 17.8 Å². The Morgan fingerprint density at radius 2 is 1.84 bits per heavy atom. The number of allylic oxidation sites excluding steroid dienone is 2. The second-order valence-electron chi connectivity index (χ2n) is 6.72. The van der Waals surface area contributed by atoms with Gasteiger partial charge >= 0.3 is 5.97 Å². The molecule has 1 aromatic carbocycles. The van der Waals surface area contributed by atoms with Gasteiger partial charge in [0.25, 0.3) is 5.91 Å². The van der Waals surface area contributed by atoms with Crippen LogP contribution in [0.3, 0.4) is 0 Å². The van der Waals surface area contributed by atoms with Gasteiger partial charge in [-0.1, -0.05) is 12.2 Å². The Balaban J connectivity index is 1.76. The molecule has 0 spiro atoms. The van der Waals surface area contributed by atoms with Crippen LogP contribution in [0.15, 0.2) is 30.4 Å². The Hall–Kier alpha value is -2.63. The lowest BCUT2D eigenvalue weighted by molar-refractivity contribution is -0.146. The van der Waals surface area contributed by atoms with Crippen molar-refractivity contribution >= 4 is 23.5 Å². The molecule has 6 heteroatoms. The topological polar surface area (TPSA) is 95.5 Å². The fourth-order valence-corrected chi connectivity index (χ4v) is 3.94. The van der Waals surface area contributed by atoms with Gasteiger partial charge in [-0.15, -0.1) is 0 Å². The molecule has 4 atom stereocenters. The van der Waals surface area contributed by atoms with Crippen molar-refractivity contribution in [1.82, 2.24) is 5.32 Å².